The summed E-state index contributed by atoms with van der Waals surface area (Å²) in [6.45, 7) is 9.10. The molecule has 0 bridgehead atoms. The lowest BCUT2D eigenvalue weighted by Gasteiger charge is -2.34. The highest BCUT2D eigenvalue weighted by Gasteiger charge is 2.46. The van der Waals surface area contributed by atoms with Crippen molar-refractivity contribution in [2.24, 2.45) is 0 Å². The molecule has 0 amide bonds. The second-order valence-corrected chi connectivity index (χ2v) is 25.4. The molecule has 6 heteroatoms. The molecule has 96 heavy (non-hydrogen) atoms. The molecule has 2 atom stereocenters. The Bertz CT molecular complexity index is 4330. The molecule has 2 aliphatic rings. The van der Waals surface area contributed by atoms with Gasteiger partial charge in [-0.1, -0.05) is 234 Å². The minimum atomic E-state index is -0.403. The first-order valence-electron chi connectivity index (χ1n) is 33.9. The normalized spacial score (nSPS) is 14.8. The van der Waals surface area contributed by atoms with Crippen LogP contribution in [0.3, 0.4) is 0 Å². The van der Waals surface area contributed by atoms with Crippen LogP contribution in [0, 0.1) is 11.6 Å². The summed E-state index contributed by atoms with van der Waals surface area (Å²) in [4.78, 5) is 4.50. The van der Waals surface area contributed by atoms with E-state index in [2.05, 4.69) is 217 Å². The Morgan fingerprint density at radius 3 is 1.00 bits per heavy atom. The maximum Gasteiger partial charge on any atom is 0.123 e. The smallest absolute Gasteiger partial charge is 0.123 e. The second-order valence-electron chi connectivity index (χ2n) is 25.4. The van der Waals surface area contributed by atoms with Crippen LogP contribution in [0.15, 0.2) is 304 Å². The molecule has 2 unspecified atom stereocenters. The number of rotatable bonds is 27. The summed E-state index contributed by atoms with van der Waals surface area (Å²) in [6.07, 6.45) is 13.8. The molecule has 12 aromatic rings. The molecule has 12 aromatic carbocycles. The van der Waals surface area contributed by atoms with E-state index in [1.54, 1.807) is 24.3 Å². The SMILES string of the molecule is C=Cc1ccc(OCCCCCCC2(c3ccccc3)c3ccccc3-c3ccc(N(c4ccc(F)cc4)c4ccc(-c5ccc(N(c6ccc(F)cc6)c6ccc7c(c6)C(CCCCCCOc6ccc(C=C)cc6)(c6ccccc6)c6ccccc6-7)cc5)cc4)cc32)cc1. The van der Waals surface area contributed by atoms with Crippen molar-refractivity contribution in [3.05, 3.63) is 360 Å². The van der Waals surface area contributed by atoms with Crippen molar-refractivity contribution in [1.29, 1.82) is 0 Å². The summed E-state index contributed by atoms with van der Waals surface area (Å²) >= 11 is 0. The number of unbranched alkanes of at least 4 members (excludes halogenated alkanes) is 6. The fraction of sp³-hybridized carbons (Fsp3) is 0.156. The number of ether oxygens (including phenoxy) is 2. The predicted molar refractivity (Wildman–Crippen MR) is 395 cm³/mol. The zero-order valence-corrected chi connectivity index (χ0v) is 54.2. The maximum absolute atomic E-state index is 14.9. The van der Waals surface area contributed by atoms with Gasteiger partial charge in [-0.2, -0.15) is 0 Å². The van der Waals surface area contributed by atoms with Crippen molar-refractivity contribution in [3.63, 3.8) is 0 Å². The lowest BCUT2D eigenvalue weighted by Crippen LogP contribution is -2.27. The molecule has 0 spiro atoms. The Hall–Kier alpha value is -10.8. The van der Waals surface area contributed by atoms with E-state index in [4.69, 9.17) is 9.47 Å². The molecule has 0 fully saturated rings. The van der Waals surface area contributed by atoms with Crippen LogP contribution in [0.4, 0.5) is 42.9 Å². The molecule has 4 nitrogen and oxygen atoms in total. The third-order valence-electron chi connectivity index (χ3n) is 19.7. The number of halogens is 2. The van der Waals surface area contributed by atoms with Gasteiger partial charge < -0.3 is 19.3 Å². The van der Waals surface area contributed by atoms with E-state index >= 15 is 0 Å². The number of hydrogen-bond acceptors (Lipinski definition) is 4. The van der Waals surface area contributed by atoms with E-state index in [0.29, 0.717) is 13.2 Å². The van der Waals surface area contributed by atoms with E-state index in [9.17, 15) is 8.78 Å². The van der Waals surface area contributed by atoms with Gasteiger partial charge in [0.1, 0.15) is 23.1 Å². The van der Waals surface area contributed by atoms with Crippen molar-refractivity contribution in [1.82, 2.24) is 0 Å². The van der Waals surface area contributed by atoms with Crippen LogP contribution in [0.1, 0.15) is 109 Å². The van der Waals surface area contributed by atoms with Crippen molar-refractivity contribution in [3.8, 4) is 44.9 Å². The molecule has 0 saturated heterocycles. The van der Waals surface area contributed by atoms with Crippen molar-refractivity contribution in [2.45, 2.75) is 75.0 Å². The number of hydrogen-bond donors (Lipinski definition) is 0. The fourth-order valence-electron chi connectivity index (χ4n) is 15.0. The van der Waals surface area contributed by atoms with Gasteiger partial charge >= 0.3 is 0 Å². The molecule has 0 heterocycles. The first kappa shape index (κ1) is 62.6. The highest BCUT2D eigenvalue weighted by Crippen LogP contribution is 2.58. The molecule has 2 aliphatic carbocycles. The van der Waals surface area contributed by atoms with Crippen molar-refractivity contribution < 1.29 is 18.3 Å². The summed E-state index contributed by atoms with van der Waals surface area (Å²) in [5, 5.41) is 0. The average Bonchev–Trinajstić information content (AvgIpc) is 1.56. The standard InChI is InChI=1S/C90H78F2N2O2/c1-3-65-31-53-79(54-32-65)95-61-21-7-5-19-59-89(69-23-11-9-12-24-69)85-29-17-15-27-81(85)83-57-51-77(63-87(83)89)93(75-47-39-71(91)40-48-75)73-43-35-67(36-44-73)68-37-45-74(46-38-68)94(76-49-41-72(92)42-50-76)78-52-58-84-82-28-16-18-30-86(82)90(88(84)64-78,70-25-13-10-14-26-70)60-20-6-8-22-62-96-80-55-33-66(4-2)34-56-80/h3-4,9-18,23-58,63-64H,1-2,5-8,19-22,59-62H2. The molecular weight excluding hydrogens is 1180 g/mol. The second kappa shape index (κ2) is 28.4. The molecule has 0 saturated carbocycles. The molecule has 0 aromatic heterocycles. The van der Waals surface area contributed by atoms with Gasteiger partial charge in [0.25, 0.3) is 0 Å². The van der Waals surface area contributed by atoms with Crippen LogP contribution < -0.4 is 19.3 Å². The third-order valence-corrected chi connectivity index (χ3v) is 19.7. The summed E-state index contributed by atoms with van der Waals surface area (Å²) in [7, 11) is 0. The van der Waals surface area contributed by atoms with Crippen LogP contribution in [0.25, 0.3) is 45.5 Å². The van der Waals surface area contributed by atoms with E-state index < -0.39 is 10.8 Å². The lowest BCUT2D eigenvalue weighted by molar-refractivity contribution is 0.303. The van der Waals surface area contributed by atoms with Gasteiger partial charge in [-0.05, 0) is 225 Å². The van der Waals surface area contributed by atoms with Crippen LogP contribution in [0.2, 0.25) is 0 Å². The van der Waals surface area contributed by atoms with E-state index in [-0.39, 0.29) is 11.6 Å². The monoisotopic (exact) mass is 1260 g/mol. The number of fused-ring (bicyclic) bond motifs is 6. The largest absolute Gasteiger partial charge is 0.494 e. The fourth-order valence-corrected chi connectivity index (χ4v) is 15.0. The van der Waals surface area contributed by atoms with Gasteiger partial charge in [-0.15, -0.1) is 0 Å². The van der Waals surface area contributed by atoms with Crippen molar-refractivity contribution >= 4 is 46.3 Å². The highest BCUT2D eigenvalue weighted by atomic mass is 19.1. The van der Waals surface area contributed by atoms with Crippen LogP contribution in [-0.4, -0.2) is 13.2 Å². The Morgan fingerprint density at radius 2 is 0.625 bits per heavy atom. The lowest BCUT2D eigenvalue weighted by atomic mass is 9.69. The molecule has 14 rings (SSSR count). The molecule has 0 N–H and O–H groups in total. The van der Waals surface area contributed by atoms with Gasteiger partial charge in [0.2, 0.25) is 0 Å². The van der Waals surface area contributed by atoms with E-state index in [1.165, 1.54) is 55.6 Å². The van der Waals surface area contributed by atoms with Crippen LogP contribution >= 0.6 is 0 Å². The zero-order chi connectivity index (χ0) is 65.3. The molecule has 0 aliphatic heterocycles. The average molecular weight is 1260 g/mol. The third kappa shape index (κ3) is 12.6. The van der Waals surface area contributed by atoms with Gasteiger partial charge in [0.05, 0.1) is 13.2 Å². The van der Waals surface area contributed by atoms with Gasteiger partial charge in [0, 0.05) is 45.0 Å². The van der Waals surface area contributed by atoms with E-state index in [1.807, 2.05) is 84.9 Å². The maximum atomic E-state index is 14.9. The first-order valence-corrected chi connectivity index (χ1v) is 33.9. The number of nitrogens with zero attached hydrogens (tertiary/aromatic N) is 2. The minimum Gasteiger partial charge on any atom is -0.494 e. The van der Waals surface area contributed by atoms with E-state index in [0.717, 1.165) is 132 Å². The summed E-state index contributed by atoms with van der Waals surface area (Å²) in [5.41, 5.74) is 21.8. The molecule has 0 radical (unpaired) electrons. The Morgan fingerprint density at radius 1 is 0.302 bits per heavy atom. The number of anilines is 6. The van der Waals surface area contributed by atoms with Crippen molar-refractivity contribution in [2.75, 3.05) is 23.0 Å². The molecular formula is C90H78F2N2O2. The Kier molecular flexibility index (Phi) is 18.5. The zero-order valence-electron chi connectivity index (χ0n) is 54.2. The first-order chi connectivity index (χ1) is 47.3. The Balaban J connectivity index is 0.750. The Labute approximate surface area is 564 Å². The quantitative estimate of drug-likeness (QED) is 0.0479. The summed E-state index contributed by atoms with van der Waals surface area (Å²) < 4.78 is 42.1. The van der Waals surface area contributed by atoms with Gasteiger partial charge in [-0.3, -0.25) is 0 Å². The summed E-state index contributed by atoms with van der Waals surface area (Å²) in [6, 6.07) is 101. The topological polar surface area (TPSA) is 24.9 Å². The van der Waals surface area contributed by atoms with Gasteiger partial charge in [0.15, 0.2) is 0 Å². The van der Waals surface area contributed by atoms with Crippen LogP contribution in [0.5, 0.6) is 11.5 Å². The minimum absolute atomic E-state index is 0.287. The molecule has 474 valence electrons. The highest BCUT2D eigenvalue weighted by molar-refractivity contribution is 5.90. The predicted octanol–water partition coefficient (Wildman–Crippen LogP) is 24.5. The van der Waals surface area contributed by atoms with Gasteiger partial charge in [-0.25, -0.2) is 8.78 Å². The summed E-state index contributed by atoms with van der Waals surface area (Å²) in [5.74, 6) is 1.20. The number of benzene rings is 12. The van der Waals surface area contributed by atoms with Crippen LogP contribution in [-0.2, 0) is 10.8 Å².